The number of aromatic amines is 2. The van der Waals surface area contributed by atoms with Gasteiger partial charge in [0.2, 0.25) is 0 Å². The summed E-state index contributed by atoms with van der Waals surface area (Å²) in [6, 6.07) is 26.4. The van der Waals surface area contributed by atoms with E-state index in [0.717, 1.165) is 89.4 Å². The average Bonchev–Trinajstić information content (AvgIpc) is 3.93. The van der Waals surface area contributed by atoms with Crippen molar-refractivity contribution in [1.29, 1.82) is 0 Å². The molecule has 2 aliphatic heterocycles. The van der Waals surface area contributed by atoms with E-state index in [1.807, 2.05) is 0 Å². The molecule has 0 amide bonds. The first-order chi connectivity index (χ1) is 28.4. The van der Waals surface area contributed by atoms with Gasteiger partial charge in [0.25, 0.3) is 0 Å². The lowest BCUT2D eigenvalue weighted by molar-refractivity contribution is -0.671. The molecule has 60 heavy (non-hydrogen) atoms. The van der Waals surface area contributed by atoms with Crippen molar-refractivity contribution >= 4 is 22.1 Å². The Morgan fingerprint density at radius 3 is 0.767 bits per heavy atom. The zero-order valence-electron chi connectivity index (χ0n) is 37.2. The summed E-state index contributed by atoms with van der Waals surface area (Å²) in [7, 11) is 8.35. The van der Waals surface area contributed by atoms with Crippen LogP contribution in [0.1, 0.15) is 78.2 Å². The number of aryl methyl sites for hydroxylation is 4. The van der Waals surface area contributed by atoms with Crippen LogP contribution in [0.3, 0.4) is 0 Å². The van der Waals surface area contributed by atoms with Crippen LogP contribution in [0.4, 0.5) is 0 Å². The van der Waals surface area contributed by atoms with Crippen molar-refractivity contribution < 1.29 is 18.3 Å². The van der Waals surface area contributed by atoms with Gasteiger partial charge in [-0.25, -0.2) is 18.3 Å². The molecule has 302 valence electrons. The molecule has 8 heteroatoms. The summed E-state index contributed by atoms with van der Waals surface area (Å²) in [6.07, 6.45) is 17.2. The summed E-state index contributed by atoms with van der Waals surface area (Å²) in [5.74, 6) is 0. The molecule has 2 N–H and O–H groups in total. The van der Waals surface area contributed by atoms with Crippen LogP contribution in [0.2, 0.25) is 0 Å². The van der Waals surface area contributed by atoms with Crippen LogP contribution in [0.15, 0.2) is 122 Å². The molecule has 0 aromatic carbocycles. The fourth-order valence-corrected chi connectivity index (χ4v) is 9.44. The highest BCUT2D eigenvalue weighted by atomic mass is 14.9. The first kappa shape index (κ1) is 39.2. The van der Waals surface area contributed by atoms with E-state index in [2.05, 4.69) is 234 Å². The van der Waals surface area contributed by atoms with Crippen molar-refractivity contribution in [2.45, 2.75) is 77.0 Å². The molecule has 7 aromatic rings. The van der Waals surface area contributed by atoms with Gasteiger partial charge < -0.3 is 9.97 Å². The molecule has 9 rings (SSSR count). The Kier molecular flexibility index (Phi) is 8.90. The third-order valence-corrected chi connectivity index (χ3v) is 14.3. The van der Waals surface area contributed by atoms with Crippen molar-refractivity contribution in [2.24, 2.45) is 28.2 Å². The minimum Gasteiger partial charge on any atom is -0.354 e. The van der Waals surface area contributed by atoms with E-state index >= 15 is 0 Å². The lowest BCUT2D eigenvalue weighted by Gasteiger charge is -2.36. The Morgan fingerprint density at radius 2 is 0.567 bits per heavy atom. The number of pyridine rings is 4. The number of rotatable bonds is 4. The minimum atomic E-state index is -0.385. The summed E-state index contributed by atoms with van der Waals surface area (Å²) in [6.45, 7) is 18.9. The fourth-order valence-electron chi connectivity index (χ4n) is 9.44. The molecule has 0 spiro atoms. The third-order valence-electron chi connectivity index (χ3n) is 14.3. The standard InChI is InChI=1S/C52H58N8/c1-49(2)45-41(33-17-13-25-57(9)29-33)37-21-22-39(53-37)43(35-19-15-27-59(11)31-35)47-51(5,6)52(7,8)48(56-47)44(36-20-16-28-60(12)32-36)40-24-23-38(54-40)42(46(55-45)50(49,3)4)34-18-14-26-58(10)30-34/h13-32,53-54H,1-12H3/q+4. The molecule has 0 saturated heterocycles. The van der Waals surface area contributed by atoms with Gasteiger partial charge in [0.15, 0.2) is 49.6 Å². The summed E-state index contributed by atoms with van der Waals surface area (Å²) in [5.41, 5.74) is 15.5. The number of aromatic nitrogens is 8. The summed E-state index contributed by atoms with van der Waals surface area (Å²) < 4.78 is 8.51. The van der Waals surface area contributed by atoms with Crippen LogP contribution in [-0.2, 0) is 49.9 Å². The first-order valence-electron chi connectivity index (χ1n) is 21.0. The van der Waals surface area contributed by atoms with E-state index in [4.69, 9.17) is 9.97 Å². The zero-order chi connectivity index (χ0) is 42.5. The first-order valence-corrected chi connectivity index (χ1v) is 21.0. The molecule has 0 atom stereocenters. The maximum atomic E-state index is 5.88. The van der Waals surface area contributed by atoms with Crippen LogP contribution >= 0.6 is 0 Å². The maximum Gasteiger partial charge on any atom is 0.176 e. The van der Waals surface area contributed by atoms with Gasteiger partial charge in [-0.05, 0) is 48.5 Å². The minimum absolute atomic E-state index is 0.385. The van der Waals surface area contributed by atoms with Crippen molar-refractivity contribution in [3.63, 3.8) is 0 Å². The van der Waals surface area contributed by atoms with Crippen LogP contribution in [0.25, 0.3) is 66.6 Å². The average molecular weight is 795 g/mol. The second-order valence-electron chi connectivity index (χ2n) is 19.2. The molecule has 0 radical (unpaired) electrons. The number of hydrogen-bond acceptors (Lipinski definition) is 2. The van der Waals surface area contributed by atoms with Crippen molar-refractivity contribution in [3.8, 4) is 44.5 Å². The molecular weight excluding hydrogens is 737 g/mol. The SMILES string of the molecule is C[n+]1cccc(-c2c3nc(c(-c4ccc[n+](C)c4)c4ccc([nH]4)c(-c4ccc[n+](C)c4)c4nc(c(-c5ccc[n+](C)c5)c5ccc2[nH]5)C(C)(C)C4(C)C)C(C)(C)C3(C)C)c1. The molecule has 0 fully saturated rings. The second kappa shape index (κ2) is 13.6. The number of nitrogens with one attached hydrogen (secondary N) is 2. The summed E-state index contributed by atoms with van der Waals surface area (Å²) in [4.78, 5) is 19.8. The lowest BCUT2D eigenvalue weighted by atomic mass is 9.64. The van der Waals surface area contributed by atoms with Gasteiger partial charge in [-0.2, -0.15) is 0 Å². The number of hydrogen-bond donors (Lipinski definition) is 2. The maximum absolute atomic E-state index is 5.88. The molecule has 8 bridgehead atoms. The normalized spacial score (nSPS) is 16.2. The summed E-state index contributed by atoms with van der Waals surface area (Å²) in [5, 5.41) is 0. The van der Waals surface area contributed by atoms with Crippen LogP contribution in [-0.4, -0.2) is 19.9 Å². The topological polar surface area (TPSA) is 72.9 Å². The van der Waals surface area contributed by atoms with E-state index in [1.54, 1.807) is 0 Å². The van der Waals surface area contributed by atoms with E-state index in [0.29, 0.717) is 0 Å². The smallest absolute Gasteiger partial charge is 0.176 e. The predicted molar refractivity (Wildman–Crippen MR) is 240 cm³/mol. The fraction of sp³-hybridized carbons (Fsp3) is 0.308. The third kappa shape index (κ3) is 5.94. The van der Waals surface area contributed by atoms with Crippen LogP contribution in [0.5, 0.6) is 0 Å². The number of fused-ring (bicyclic) bond motifs is 8. The van der Waals surface area contributed by atoms with Gasteiger partial charge in [-0.3, -0.25) is 9.97 Å². The number of H-pyrrole nitrogens is 2. The van der Waals surface area contributed by atoms with Gasteiger partial charge in [-0.1, -0.05) is 55.4 Å². The molecule has 0 unspecified atom stereocenters. The van der Waals surface area contributed by atoms with Crippen LogP contribution < -0.4 is 18.3 Å². The van der Waals surface area contributed by atoms with Gasteiger partial charge in [0, 0.05) is 112 Å². The van der Waals surface area contributed by atoms with Gasteiger partial charge in [0.1, 0.15) is 28.2 Å². The largest absolute Gasteiger partial charge is 0.354 e. The lowest BCUT2D eigenvalue weighted by Crippen LogP contribution is -2.37. The Hall–Kier alpha value is -6.28. The molecule has 8 nitrogen and oxygen atoms in total. The van der Waals surface area contributed by atoms with E-state index in [9.17, 15) is 0 Å². The molecule has 2 aliphatic rings. The van der Waals surface area contributed by atoms with Crippen molar-refractivity contribution in [3.05, 3.63) is 145 Å². The van der Waals surface area contributed by atoms with Gasteiger partial charge >= 0.3 is 0 Å². The van der Waals surface area contributed by atoms with Gasteiger partial charge in [0.05, 0.1) is 22.8 Å². The van der Waals surface area contributed by atoms with Crippen molar-refractivity contribution in [1.82, 2.24) is 19.9 Å². The molecule has 0 aliphatic carbocycles. The highest BCUT2D eigenvalue weighted by Crippen LogP contribution is 2.55. The molecule has 7 aromatic heterocycles. The zero-order valence-corrected chi connectivity index (χ0v) is 37.2. The highest BCUT2D eigenvalue weighted by Gasteiger charge is 2.51. The van der Waals surface area contributed by atoms with Gasteiger partial charge in [-0.15, -0.1) is 0 Å². The Bertz CT molecular complexity index is 2650. The van der Waals surface area contributed by atoms with Crippen LogP contribution in [0, 0.1) is 0 Å². The van der Waals surface area contributed by atoms with E-state index < -0.39 is 0 Å². The highest BCUT2D eigenvalue weighted by molar-refractivity contribution is 5.93. The Morgan fingerprint density at radius 1 is 0.350 bits per heavy atom. The molecule has 9 heterocycles. The molecular formula is C52H58N8+4. The Labute approximate surface area is 354 Å². The predicted octanol–water partition coefficient (Wildman–Crippen LogP) is 8.79. The van der Waals surface area contributed by atoms with E-state index in [-0.39, 0.29) is 21.7 Å². The summed E-state index contributed by atoms with van der Waals surface area (Å²) >= 11 is 0. The monoisotopic (exact) mass is 794 g/mol. The number of nitrogens with zero attached hydrogens (tertiary/aromatic N) is 6. The van der Waals surface area contributed by atoms with E-state index in [1.165, 1.54) is 0 Å². The molecule has 0 saturated carbocycles. The second-order valence-corrected chi connectivity index (χ2v) is 19.2. The Balaban J connectivity index is 1.60. The quantitative estimate of drug-likeness (QED) is 0.175. The van der Waals surface area contributed by atoms with Crippen molar-refractivity contribution in [2.75, 3.05) is 0 Å².